The normalized spacial score (nSPS) is 19.7. The summed E-state index contributed by atoms with van der Waals surface area (Å²) in [6, 6.07) is 0.536. The third-order valence-corrected chi connectivity index (χ3v) is 3.87. The highest BCUT2D eigenvalue weighted by molar-refractivity contribution is 4.82. The molecule has 0 radical (unpaired) electrons. The predicted molar refractivity (Wildman–Crippen MR) is 76.8 cm³/mol. The molecule has 1 atom stereocenters. The lowest BCUT2D eigenvalue weighted by molar-refractivity contribution is 0.0261. The minimum absolute atomic E-state index is 0.536. The number of nitrogens with zero attached hydrogens (tertiary/aromatic N) is 2. The van der Waals surface area contributed by atoms with E-state index in [2.05, 4.69) is 30.8 Å². The van der Waals surface area contributed by atoms with Gasteiger partial charge in [-0.3, -0.25) is 4.90 Å². The maximum absolute atomic E-state index is 6.05. The van der Waals surface area contributed by atoms with Crippen molar-refractivity contribution in [3.8, 4) is 0 Å². The molecule has 4 heteroatoms. The van der Waals surface area contributed by atoms with Gasteiger partial charge in [0.2, 0.25) is 0 Å². The van der Waals surface area contributed by atoms with Crippen LogP contribution in [0.1, 0.15) is 26.2 Å². The van der Waals surface area contributed by atoms with Gasteiger partial charge in [0.15, 0.2) is 0 Å². The summed E-state index contributed by atoms with van der Waals surface area (Å²) < 4.78 is 5.46. The zero-order valence-corrected chi connectivity index (χ0v) is 12.4. The van der Waals surface area contributed by atoms with Gasteiger partial charge < -0.3 is 15.4 Å². The van der Waals surface area contributed by atoms with Gasteiger partial charge in [0.25, 0.3) is 0 Å². The standard InChI is InChI=1S/C14H31N3O/c1-4-7-17(9-8-16(2)3)14(12-15)13-5-10-18-11-6-13/h13-14H,4-12,15H2,1-3H3. The molecule has 1 unspecified atom stereocenters. The summed E-state index contributed by atoms with van der Waals surface area (Å²) in [5.74, 6) is 0.720. The molecule has 0 bridgehead atoms. The first kappa shape index (κ1) is 15.9. The van der Waals surface area contributed by atoms with Gasteiger partial charge in [0.1, 0.15) is 0 Å². The molecule has 0 aromatic carbocycles. The van der Waals surface area contributed by atoms with Gasteiger partial charge >= 0.3 is 0 Å². The van der Waals surface area contributed by atoms with E-state index in [1.807, 2.05) is 0 Å². The summed E-state index contributed by atoms with van der Waals surface area (Å²) in [7, 11) is 4.27. The van der Waals surface area contributed by atoms with Crippen LogP contribution < -0.4 is 5.73 Å². The molecule has 0 saturated carbocycles. The second kappa shape index (κ2) is 8.86. The Morgan fingerprint density at radius 1 is 1.17 bits per heavy atom. The fourth-order valence-corrected chi connectivity index (χ4v) is 2.80. The van der Waals surface area contributed by atoms with Crippen LogP contribution in [0.3, 0.4) is 0 Å². The Hall–Kier alpha value is -0.160. The smallest absolute Gasteiger partial charge is 0.0469 e. The molecule has 0 aliphatic carbocycles. The Kier molecular flexibility index (Phi) is 7.82. The highest BCUT2D eigenvalue weighted by atomic mass is 16.5. The Bertz CT molecular complexity index is 205. The number of nitrogens with two attached hydrogens (primary N) is 1. The highest BCUT2D eigenvalue weighted by Crippen LogP contribution is 2.22. The maximum Gasteiger partial charge on any atom is 0.0469 e. The molecular weight excluding hydrogens is 226 g/mol. The molecule has 2 N–H and O–H groups in total. The van der Waals surface area contributed by atoms with Crippen LogP contribution in [0, 0.1) is 5.92 Å². The molecule has 0 amide bonds. The molecule has 0 aromatic rings. The first-order chi connectivity index (χ1) is 8.69. The van der Waals surface area contributed by atoms with E-state index < -0.39 is 0 Å². The SMILES string of the molecule is CCCN(CCN(C)C)C(CN)C1CCOCC1. The molecule has 108 valence electrons. The van der Waals surface area contributed by atoms with Crippen molar-refractivity contribution in [3.05, 3.63) is 0 Å². The lowest BCUT2D eigenvalue weighted by atomic mass is 9.90. The predicted octanol–water partition coefficient (Wildman–Crippen LogP) is 1.01. The lowest BCUT2D eigenvalue weighted by Gasteiger charge is -2.38. The number of rotatable bonds is 8. The van der Waals surface area contributed by atoms with E-state index in [9.17, 15) is 0 Å². The second-order valence-corrected chi connectivity index (χ2v) is 5.59. The molecule has 1 rings (SSSR count). The van der Waals surface area contributed by atoms with Crippen molar-refractivity contribution < 1.29 is 4.74 Å². The van der Waals surface area contributed by atoms with Crippen LogP contribution >= 0.6 is 0 Å². The summed E-state index contributed by atoms with van der Waals surface area (Å²) in [6.45, 7) is 8.24. The van der Waals surface area contributed by atoms with Crippen LogP contribution in [-0.2, 0) is 4.74 Å². The van der Waals surface area contributed by atoms with Crippen molar-refractivity contribution in [2.75, 3.05) is 53.5 Å². The van der Waals surface area contributed by atoms with Crippen molar-refractivity contribution in [1.82, 2.24) is 9.80 Å². The Labute approximate surface area is 112 Å². The first-order valence-corrected chi connectivity index (χ1v) is 7.35. The zero-order chi connectivity index (χ0) is 13.4. The van der Waals surface area contributed by atoms with Crippen molar-refractivity contribution in [3.63, 3.8) is 0 Å². The third-order valence-electron chi connectivity index (χ3n) is 3.87. The summed E-state index contributed by atoms with van der Waals surface area (Å²) in [4.78, 5) is 4.84. The van der Waals surface area contributed by atoms with E-state index in [-0.39, 0.29) is 0 Å². The van der Waals surface area contributed by atoms with Crippen molar-refractivity contribution in [2.45, 2.75) is 32.2 Å². The molecule has 1 heterocycles. The van der Waals surface area contributed by atoms with Crippen LogP contribution in [-0.4, -0.2) is 69.3 Å². The largest absolute Gasteiger partial charge is 0.381 e. The van der Waals surface area contributed by atoms with Gasteiger partial charge in [-0.1, -0.05) is 6.92 Å². The van der Waals surface area contributed by atoms with E-state index in [0.717, 1.165) is 45.3 Å². The molecule has 0 aromatic heterocycles. The quantitative estimate of drug-likeness (QED) is 0.705. The van der Waals surface area contributed by atoms with Crippen molar-refractivity contribution in [1.29, 1.82) is 0 Å². The summed E-state index contributed by atoms with van der Waals surface area (Å²) in [5.41, 5.74) is 6.05. The fraction of sp³-hybridized carbons (Fsp3) is 1.00. The van der Waals surface area contributed by atoms with Crippen LogP contribution in [0.2, 0.25) is 0 Å². The van der Waals surface area contributed by atoms with Gasteiger partial charge in [-0.15, -0.1) is 0 Å². The van der Waals surface area contributed by atoms with E-state index in [0.29, 0.717) is 6.04 Å². The van der Waals surface area contributed by atoms with Crippen LogP contribution in [0.4, 0.5) is 0 Å². The van der Waals surface area contributed by atoms with Gasteiger partial charge in [0.05, 0.1) is 0 Å². The minimum Gasteiger partial charge on any atom is -0.381 e. The molecule has 18 heavy (non-hydrogen) atoms. The summed E-state index contributed by atoms with van der Waals surface area (Å²) >= 11 is 0. The van der Waals surface area contributed by atoms with E-state index in [4.69, 9.17) is 10.5 Å². The molecule has 4 nitrogen and oxygen atoms in total. The van der Waals surface area contributed by atoms with Gasteiger partial charge in [0, 0.05) is 38.9 Å². The van der Waals surface area contributed by atoms with Crippen LogP contribution in [0.15, 0.2) is 0 Å². The second-order valence-electron chi connectivity index (χ2n) is 5.59. The molecule has 0 spiro atoms. The Morgan fingerprint density at radius 3 is 2.33 bits per heavy atom. The zero-order valence-electron chi connectivity index (χ0n) is 12.4. The van der Waals surface area contributed by atoms with Gasteiger partial charge in [-0.2, -0.15) is 0 Å². The van der Waals surface area contributed by atoms with Gasteiger partial charge in [-0.25, -0.2) is 0 Å². The average Bonchev–Trinajstić information content (AvgIpc) is 2.38. The summed E-state index contributed by atoms with van der Waals surface area (Å²) in [5, 5.41) is 0. The monoisotopic (exact) mass is 257 g/mol. The van der Waals surface area contributed by atoms with Crippen LogP contribution in [0.25, 0.3) is 0 Å². The van der Waals surface area contributed by atoms with E-state index >= 15 is 0 Å². The van der Waals surface area contributed by atoms with Crippen LogP contribution in [0.5, 0.6) is 0 Å². The molecule has 1 fully saturated rings. The number of likely N-dealkylation sites (N-methyl/N-ethyl adjacent to an activating group) is 1. The van der Waals surface area contributed by atoms with E-state index in [1.165, 1.54) is 19.3 Å². The fourth-order valence-electron chi connectivity index (χ4n) is 2.80. The Morgan fingerprint density at radius 2 is 1.83 bits per heavy atom. The number of hydrogen-bond donors (Lipinski definition) is 1. The maximum atomic E-state index is 6.05. The first-order valence-electron chi connectivity index (χ1n) is 7.35. The van der Waals surface area contributed by atoms with Gasteiger partial charge in [-0.05, 0) is 45.8 Å². The van der Waals surface area contributed by atoms with Crippen molar-refractivity contribution in [2.24, 2.45) is 11.7 Å². The lowest BCUT2D eigenvalue weighted by Crippen LogP contribution is -2.49. The molecule has 1 aliphatic heterocycles. The number of ether oxygens (including phenoxy) is 1. The number of hydrogen-bond acceptors (Lipinski definition) is 4. The minimum atomic E-state index is 0.536. The topological polar surface area (TPSA) is 41.7 Å². The molecular formula is C14H31N3O. The average molecular weight is 257 g/mol. The third kappa shape index (κ3) is 5.22. The Balaban J connectivity index is 2.54. The molecule has 1 aliphatic rings. The molecule has 1 saturated heterocycles. The highest BCUT2D eigenvalue weighted by Gasteiger charge is 2.27. The van der Waals surface area contributed by atoms with E-state index in [1.54, 1.807) is 0 Å². The summed E-state index contributed by atoms with van der Waals surface area (Å²) in [6.07, 6.45) is 3.54. The van der Waals surface area contributed by atoms with Crippen molar-refractivity contribution >= 4 is 0 Å².